The maximum atomic E-state index is 11.7. The van der Waals surface area contributed by atoms with Crippen molar-refractivity contribution in [1.82, 2.24) is 5.32 Å². The zero-order chi connectivity index (χ0) is 12.8. The predicted molar refractivity (Wildman–Crippen MR) is 66.7 cm³/mol. The van der Waals surface area contributed by atoms with Crippen molar-refractivity contribution in [1.29, 1.82) is 0 Å². The van der Waals surface area contributed by atoms with E-state index >= 15 is 0 Å². The summed E-state index contributed by atoms with van der Waals surface area (Å²) in [5.74, 6) is 0.198. The van der Waals surface area contributed by atoms with Crippen molar-refractivity contribution in [3.63, 3.8) is 0 Å². The molecule has 2 N–H and O–H groups in total. The fourth-order valence-electron chi connectivity index (χ4n) is 2.41. The van der Waals surface area contributed by atoms with Gasteiger partial charge in [0.15, 0.2) is 0 Å². The van der Waals surface area contributed by atoms with Crippen LogP contribution in [0.15, 0.2) is 0 Å². The summed E-state index contributed by atoms with van der Waals surface area (Å²) in [5.41, 5.74) is 0. The molecule has 0 amide bonds. The molecular weight excluding hydrogens is 218 g/mol. The smallest absolute Gasteiger partial charge is 0.322 e. The second kappa shape index (κ2) is 6.97. The van der Waals surface area contributed by atoms with E-state index in [-0.39, 0.29) is 24.2 Å². The van der Waals surface area contributed by atoms with Gasteiger partial charge in [-0.15, -0.1) is 0 Å². The van der Waals surface area contributed by atoms with E-state index in [0.717, 1.165) is 32.1 Å². The third-order valence-electron chi connectivity index (χ3n) is 3.34. The first kappa shape index (κ1) is 14.5. The first-order chi connectivity index (χ1) is 8.04. The van der Waals surface area contributed by atoms with Gasteiger partial charge in [-0.1, -0.05) is 26.7 Å². The summed E-state index contributed by atoms with van der Waals surface area (Å²) in [6.07, 6.45) is 4.37. The van der Waals surface area contributed by atoms with E-state index in [9.17, 15) is 9.90 Å². The minimum absolute atomic E-state index is 0.0339. The normalized spacial score (nSPS) is 26.9. The molecule has 1 saturated carbocycles. The van der Waals surface area contributed by atoms with Crippen LogP contribution in [0, 0.1) is 5.92 Å². The van der Waals surface area contributed by atoms with Crippen LogP contribution in [-0.4, -0.2) is 36.4 Å². The molecule has 0 heterocycles. The van der Waals surface area contributed by atoms with Gasteiger partial charge in [0.25, 0.3) is 0 Å². The van der Waals surface area contributed by atoms with E-state index in [1.807, 2.05) is 0 Å². The van der Waals surface area contributed by atoms with E-state index in [4.69, 9.17) is 4.74 Å². The van der Waals surface area contributed by atoms with Gasteiger partial charge in [0.05, 0.1) is 13.2 Å². The van der Waals surface area contributed by atoms with Crippen molar-refractivity contribution >= 4 is 5.97 Å². The highest BCUT2D eigenvalue weighted by molar-refractivity contribution is 5.75. The third-order valence-corrected chi connectivity index (χ3v) is 3.34. The van der Waals surface area contributed by atoms with Crippen molar-refractivity contribution < 1.29 is 14.6 Å². The minimum atomic E-state index is -0.330. The lowest BCUT2D eigenvalue weighted by Gasteiger charge is -2.31. The monoisotopic (exact) mass is 243 g/mol. The average Bonchev–Trinajstić information content (AvgIpc) is 2.29. The maximum absolute atomic E-state index is 11.7. The number of esters is 1. The predicted octanol–water partition coefficient (Wildman–Crippen LogP) is 1.47. The number of aliphatic hydroxyl groups excluding tert-OH is 1. The number of rotatable bonds is 5. The Morgan fingerprint density at radius 3 is 2.59 bits per heavy atom. The highest BCUT2D eigenvalue weighted by atomic mass is 16.5. The molecule has 4 nitrogen and oxygen atoms in total. The van der Waals surface area contributed by atoms with Gasteiger partial charge in [0.1, 0.15) is 6.04 Å². The molecule has 100 valence electrons. The second-order valence-electron chi connectivity index (χ2n) is 5.33. The Labute approximate surface area is 104 Å². The fourth-order valence-corrected chi connectivity index (χ4v) is 2.41. The van der Waals surface area contributed by atoms with Gasteiger partial charge in [-0.3, -0.25) is 10.1 Å². The van der Waals surface area contributed by atoms with Crippen LogP contribution in [0.2, 0.25) is 0 Å². The lowest BCUT2D eigenvalue weighted by molar-refractivity contribution is -0.144. The van der Waals surface area contributed by atoms with Gasteiger partial charge >= 0.3 is 5.97 Å². The molecule has 3 unspecified atom stereocenters. The molecule has 0 aromatic carbocycles. The molecule has 0 aromatic rings. The summed E-state index contributed by atoms with van der Waals surface area (Å²) in [5, 5.41) is 13.2. The quantitative estimate of drug-likeness (QED) is 0.718. The number of hydrogen-bond acceptors (Lipinski definition) is 4. The molecule has 1 aliphatic rings. The Bertz CT molecular complexity index is 243. The standard InChI is InChI=1S/C13H25NO3/c1-9(2)8-11(13(16)17-3)14-10-6-4-5-7-12(10)15/h9-12,14-15H,4-8H2,1-3H3. The second-order valence-corrected chi connectivity index (χ2v) is 5.33. The number of aliphatic hydroxyl groups is 1. The molecule has 4 heteroatoms. The van der Waals surface area contributed by atoms with Crippen LogP contribution >= 0.6 is 0 Å². The molecule has 0 aliphatic heterocycles. The minimum Gasteiger partial charge on any atom is -0.468 e. The zero-order valence-corrected chi connectivity index (χ0v) is 11.1. The molecule has 1 fully saturated rings. The van der Waals surface area contributed by atoms with Crippen molar-refractivity contribution in [3.05, 3.63) is 0 Å². The molecule has 0 bridgehead atoms. The van der Waals surface area contributed by atoms with Gasteiger partial charge in [0, 0.05) is 6.04 Å². The van der Waals surface area contributed by atoms with Crippen molar-refractivity contribution in [2.75, 3.05) is 7.11 Å². The fraction of sp³-hybridized carbons (Fsp3) is 0.923. The van der Waals surface area contributed by atoms with Crippen LogP contribution in [-0.2, 0) is 9.53 Å². The lowest BCUT2D eigenvalue weighted by atomic mass is 9.91. The maximum Gasteiger partial charge on any atom is 0.322 e. The molecular formula is C13H25NO3. The van der Waals surface area contributed by atoms with Gasteiger partial charge < -0.3 is 9.84 Å². The Morgan fingerprint density at radius 1 is 1.41 bits per heavy atom. The van der Waals surface area contributed by atoms with E-state index in [1.165, 1.54) is 7.11 Å². The molecule has 0 radical (unpaired) electrons. The lowest BCUT2D eigenvalue weighted by Crippen LogP contribution is -2.50. The molecule has 1 aliphatic carbocycles. The Hall–Kier alpha value is -0.610. The third kappa shape index (κ3) is 4.64. The van der Waals surface area contributed by atoms with Gasteiger partial charge in [0.2, 0.25) is 0 Å². The topological polar surface area (TPSA) is 58.6 Å². The van der Waals surface area contributed by atoms with Gasteiger partial charge in [-0.05, 0) is 25.2 Å². The summed E-state index contributed by atoms with van der Waals surface area (Å²) >= 11 is 0. The number of methoxy groups -OCH3 is 1. The first-order valence-electron chi connectivity index (χ1n) is 6.56. The van der Waals surface area contributed by atoms with Crippen LogP contribution in [0.4, 0.5) is 0 Å². The zero-order valence-electron chi connectivity index (χ0n) is 11.1. The molecule has 0 saturated heterocycles. The van der Waals surface area contributed by atoms with E-state index < -0.39 is 0 Å². The Morgan fingerprint density at radius 2 is 2.06 bits per heavy atom. The average molecular weight is 243 g/mol. The van der Waals surface area contributed by atoms with E-state index in [1.54, 1.807) is 0 Å². The van der Waals surface area contributed by atoms with E-state index in [2.05, 4.69) is 19.2 Å². The highest BCUT2D eigenvalue weighted by Gasteiger charge is 2.29. The summed E-state index contributed by atoms with van der Waals surface area (Å²) in [7, 11) is 1.41. The Kier molecular flexibility index (Phi) is 5.92. The summed E-state index contributed by atoms with van der Waals surface area (Å²) < 4.78 is 4.81. The SMILES string of the molecule is COC(=O)C(CC(C)C)NC1CCCCC1O. The summed E-state index contributed by atoms with van der Waals surface area (Å²) in [6.45, 7) is 4.16. The molecule has 3 atom stereocenters. The number of carbonyl (C=O) groups is 1. The van der Waals surface area contributed by atoms with E-state index in [0.29, 0.717) is 5.92 Å². The number of hydrogen-bond donors (Lipinski definition) is 2. The van der Waals surface area contributed by atoms with Crippen molar-refractivity contribution in [3.8, 4) is 0 Å². The first-order valence-corrected chi connectivity index (χ1v) is 6.56. The van der Waals surface area contributed by atoms with Crippen LogP contribution < -0.4 is 5.32 Å². The van der Waals surface area contributed by atoms with Crippen molar-refractivity contribution in [2.24, 2.45) is 5.92 Å². The largest absolute Gasteiger partial charge is 0.468 e. The molecule has 0 aromatic heterocycles. The van der Waals surface area contributed by atoms with Crippen LogP contribution in [0.1, 0.15) is 46.0 Å². The van der Waals surface area contributed by atoms with Gasteiger partial charge in [-0.2, -0.15) is 0 Å². The molecule has 1 rings (SSSR count). The van der Waals surface area contributed by atoms with Crippen molar-refractivity contribution in [2.45, 2.75) is 64.1 Å². The summed E-state index contributed by atoms with van der Waals surface area (Å²) in [6, 6.07) is -0.260. The molecule has 17 heavy (non-hydrogen) atoms. The van der Waals surface area contributed by atoms with Crippen LogP contribution in [0.3, 0.4) is 0 Å². The summed E-state index contributed by atoms with van der Waals surface area (Å²) in [4.78, 5) is 11.7. The van der Waals surface area contributed by atoms with Crippen LogP contribution in [0.5, 0.6) is 0 Å². The van der Waals surface area contributed by atoms with Gasteiger partial charge in [-0.25, -0.2) is 0 Å². The Balaban J connectivity index is 2.54. The number of ether oxygens (including phenoxy) is 1. The number of nitrogens with one attached hydrogen (secondary N) is 1. The van der Waals surface area contributed by atoms with Crippen LogP contribution in [0.25, 0.3) is 0 Å². The highest BCUT2D eigenvalue weighted by Crippen LogP contribution is 2.20. The number of carbonyl (C=O) groups excluding carboxylic acids is 1. The molecule has 0 spiro atoms.